The van der Waals surface area contributed by atoms with Gasteiger partial charge in [0.2, 0.25) is 0 Å². The van der Waals surface area contributed by atoms with Gasteiger partial charge in [0.25, 0.3) is 0 Å². The van der Waals surface area contributed by atoms with E-state index in [0.717, 1.165) is 6.42 Å². The van der Waals surface area contributed by atoms with Crippen LogP contribution in [0.15, 0.2) is 133 Å². The van der Waals surface area contributed by atoms with Crippen LogP contribution in [0.2, 0.25) is 0 Å². The molecule has 0 N–H and O–H groups in total. The molecule has 0 atom stereocenters. The molecule has 170 valence electrons. The molecule has 0 bridgehead atoms. The Bertz CT molecular complexity index is 1340. The number of benzene rings is 4. The average Bonchev–Trinajstić information content (AvgIpc) is 3.59. The van der Waals surface area contributed by atoms with Crippen molar-refractivity contribution in [1.29, 1.82) is 0 Å². The first-order chi connectivity index (χ1) is 17.1. The van der Waals surface area contributed by atoms with Crippen molar-refractivity contribution in [2.75, 3.05) is 0 Å². The number of fused-ring (bicyclic) bond motifs is 3. The van der Waals surface area contributed by atoms with Gasteiger partial charge in [-0.1, -0.05) is 56.2 Å². The summed E-state index contributed by atoms with van der Waals surface area (Å²) < 4.78 is 1.42. The van der Waals surface area contributed by atoms with Crippen LogP contribution in [-0.4, -0.2) is 3.21 Å². The second kappa shape index (κ2) is 12.6. The van der Waals surface area contributed by atoms with Crippen molar-refractivity contribution in [2.45, 2.75) is 20.3 Å². The van der Waals surface area contributed by atoms with E-state index in [4.69, 9.17) is 0 Å². The van der Waals surface area contributed by atoms with E-state index in [2.05, 4.69) is 147 Å². The van der Waals surface area contributed by atoms with Crippen LogP contribution in [0.3, 0.4) is 0 Å². The molecule has 0 unspecified atom stereocenters. The van der Waals surface area contributed by atoms with Crippen LogP contribution in [0, 0.1) is 12.0 Å². The van der Waals surface area contributed by atoms with E-state index >= 15 is 0 Å². The van der Waals surface area contributed by atoms with Gasteiger partial charge < -0.3 is 0 Å². The quantitative estimate of drug-likeness (QED) is 0.205. The second-order valence-corrected chi connectivity index (χ2v) is 10.1. The molecule has 0 saturated carbocycles. The maximum absolute atomic E-state index is 3.14. The molecule has 0 aromatic heterocycles. The van der Waals surface area contributed by atoms with E-state index in [1.54, 1.807) is 0 Å². The maximum atomic E-state index is 3.14. The Morgan fingerprint density at radius 3 is 1.54 bits per heavy atom. The smallest absolute Gasteiger partial charge is 0.0771 e. The Labute approximate surface area is 224 Å². The fourth-order valence-electron chi connectivity index (χ4n) is 4.09. The Morgan fingerprint density at radius 2 is 1.14 bits per heavy atom. The molecule has 1 aliphatic carbocycles. The van der Waals surface area contributed by atoms with Gasteiger partial charge in [0.05, 0.1) is 0 Å². The molecular weight excluding hydrogens is 500 g/mol. The summed E-state index contributed by atoms with van der Waals surface area (Å²) in [4.78, 5) is 0. The Balaban J connectivity index is 0.000000129. The zero-order valence-electron chi connectivity index (χ0n) is 20.4. The standard InChI is InChI=1S/C13H9.C13H10.C8H11.Zr/c1-3-7-12-10(5-1)9-11-6-2-4-8-13(11)12;1-3-7-12(8-4-1)11-13-9-5-2-6-10-13;1-7(2)8-5-3-4-6-8;/h1-9H;1-10H;5-7H,3H2,1-2H3;/q-1;;-1;+2. The fraction of sp³-hybridized carbons (Fsp3) is 0.118. The van der Waals surface area contributed by atoms with E-state index in [1.807, 2.05) is 0 Å². The van der Waals surface area contributed by atoms with Crippen LogP contribution in [0.5, 0.6) is 0 Å². The SMILES string of the molecule is CC(C)C1=CC[C-]=C1.[Zr+2]=[C](c1ccccc1)c1ccccc1.c1ccc2c(c1)[cH-]c1ccccc12. The van der Waals surface area contributed by atoms with E-state index in [1.165, 1.54) is 65.7 Å². The zero-order chi connectivity index (χ0) is 24.5. The minimum absolute atomic E-state index is 0.685. The van der Waals surface area contributed by atoms with Crippen LogP contribution in [-0.2, 0) is 24.2 Å². The Morgan fingerprint density at radius 1 is 0.686 bits per heavy atom. The van der Waals surface area contributed by atoms with Crippen molar-refractivity contribution in [1.82, 2.24) is 0 Å². The molecule has 6 rings (SSSR count). The van der Waals surface area contributed by atoms with Crippen molar-refractivity contribution < 1.29 is 24.2 Å². The molecule has 0 radical (unpaired) electrons. The molecule has 0 fully saturated rings. The summed E-state index contributed by atoms with van der Waals surface area (Å²) in [5.74, 6) is 0.685. The monoisotopic (exact) mass is 528 g/mol. The summed E-state index contributed by atoms with van der Waals surface area (Å²) in [7, 11) is 0. The molecule has 5 aromatic carbocycles. The topological polar surface area (TPSA) is 0 Å². The first-order valence-corrected chi connectivity index (χ1v) is 13.4. The summed E-state index contributed by atoms with van der Waals surface area (Å²) in [6.07, 6.45) is 8.47. The van der Waals surface area contributed by atoms with E-state index < -0.39 is 0 Å². The van der Waals surface area contributed by atoms with Gasteiger partial charge in [-0.25, -0.2) is 6.08 Å². The van der Waals surface area contributed by atoms with Crippen LogP contribution < -0.4 is 0 Å². The van der Waals surface area contributed by atoms with Gasteiger partial charge in [-0.2, -0.15) is 11.6 Å². The molecule has 1 aliphatic rings. The normalized spacial score (nSPS) is 12.1. The molecule has 0 spiro atoms. The third-order valence-corrected chi connectivity index (χ3v) is 7.46. The largest absolute Gasteiger partial charge is 0.126 e. The summed E-state index contributed by atoms with van der Waals surface area (Å²) in [5, 5.41) is 5.39. The van der Waals surface area contributed by atoms with Gasteiger partial charge in [0.1, 0.15) is 0 Å². The predicted molar refractivity (Wildman–Crippen MR) is 148 cm³/mol. The van der Waals surface area contributed by atoms with Crippen LogP contribution in [0.4, 0.5) is 0 Å². The van der Waals surface area contributed by atoms with Gasteiger partial charge in [0, 0.05) is 0 Å². The van der Waals surface area contributed by atoms with E-state index in [-0.39, 0.29) is 0 Å². The third kappa shape index (κ3) is 6.77. The second-order valence-electron chi connectivity index (χ2n) is 8.84. The number of hydrogen-bond donors (Lipinski definition) is 0. The average molecular weight is 530 g/mol. The molecule has 0 saturated heterocycles. The molecule has 35 heavy (non-hydrogen) atoms. The third-order valence-electron chi connectivity index (χ3n) is 6.04. The number of rotatable bonds is 3. The van der Waals surface area contributed by atoms with Gasteiger partial charge in [-0.15, -0.1) is 46.2 Å². The number of hydrogen-bond acceptors (Lipinski definition) is 0. The molecule has 0 heterocycles. The van der Waals surface area contributed by atoms with Crippen LogP contribution in [0.25, 0.3) is 21.5 Å². The molecule has 0 aliphatic heterocycles. The minimum Gasteiger partial charge on any atom is -0.126 e. The van der Waals surface area contributed by atoms with Crippen molar-refractivity contribution in [3.05, 3.63) is 150 Å². The first-order valence-electron chi connectivity index (χ1n) is 12.1. The molecule has 5 aromatic rings. The van der Waals surface area contributed by atoms with E-state index in [0.29, 0.717) is 5.92 Å². The molecular formula is C34H30Zr. The molecule has 1 heteroatoms. The summed E-state index contributed by atoms with van der Waals surface area (Å²) in [6.45, 7) is 4.41. The van der Waals surface area contributed by atoms with Gasteiger partial charge in [0.15, 0.2) is 0 Å². The van der Waals surface area contributed by atoms with Crippen LogP contribution in [0.1, 0.15) is 31.4 Å². The van der Waals surface area contributed by atoms with Crippen molar-refractivity contribution >= 4 is 24.8 Å². The van der Waals surface area contributed by atoms with Crippen molar-refractivity contribution in [3.63, 3.8) is 0 Å². The summed E-state index contributed by atoms with van der Waals surface area (Å²) >= 11 is 1.46. The van der Waals surface area contributed by atoms with E-state index in [9.17, 15) is 0 Å². The summed E-state index contributed by atoms with van der Waals surface area (Å²) in [6, 6.07) is 40.4. The van der Waals surface area contributed by atoms with Gasteiger partial charge >= 0.3 is 99.2 Å². The van der Waals surface area contributed by atoms with Crippen LogP contribution >= 0.6 is 0 Å². The number of allylic oxidation sites excluding steroid dienone is 4. The predicted octanol–water partition coefficient (Wildman–Crippen LogP) is 8.85. The summed E-state index contributed by atoms with van der Waals surface area (Å²) in [5.41, 5.74) is 4.10. The Hall–Kier alpha value is -3.02. The molecule has 0 amide bonds. The van der Waals surface area contributed by atoms with Gasteiger partial charge in [-0.3, -0.25) is 6.08 Å². The van der Waals surface area contributed by atoms with Gasteiger partial charge in [-0.05, 0) is 0 Å². The minimum atomic E-state index is 0.685. The first kappa shape index (κ1) is 25.1. The molecule has 0 nitrogen and oxygen atoms in total. The zero-order valence-corrected chi connectivity index (χ0v) is 22.9. The van der Waals surface area contributed by atoms with Crippen molar-refractivity contribution in [2.24, 2.45) is 5.92 Å². The van der Waals surface area contributed by atoms with Crippen molar-refractivity contribution in [3.8, 4) is 0 Å². The fourth-order valence-corrected chi connectivity index (χ4v) is 4.91. The Kier molecular flexibility index (Phi) is 9.04. The maximum Gasteiger partial charge on any atom is -0.0771 e.